The molecule has 11 heavy (non-hydrogen) atoms. The predicted molar refractivity (Wildman–Crippen MR) is 41.2 cm³/mol. The molecule has 1 rings (SSSR count). The van der Waals surface area contributed by atoms with Gasteiger partial charge in [-0.3, -0.25) is 4.79 Å². The van der Waals surface area contributed by atoms with Crippen LogP contribution in [0.5, 0.6) is 5.75 Å². The van der Waals surface area contributed by atoms with Crippen LogP contribution in [-0.2, 0) is 0 Å². The molecule has 0 unspecified atom stereocenters. The molecule has 0 aliphatic heterocycles. The van der Waals surface area contributed by atoms with Crippen LogP contribution in [0.15, 0.2) is 24.3 Å². The Morgan fingerprint density at radius 1 is 1.36 bits per heavy atom. The fourth-order valence-corrected chi connectivity index (χ4v) is 0.822. The van der Waals surface area contributed by atoms with Crippen LogP contribution >= 0.6 is 12.4 Å². The van der Waals surface area contributed by atoms with E-state index >= 15 is 0 Å². The summed E-state index contributed by atoms with van der Waals surface area (Å²) < 4.78 is 15.9. The number of benzene rings is 1. The summed E-state index contributed by atoms with van der Waals surface area (Å²) >= 11 is -0.220. The maximum absolute atomic E-state index is 11.5. The Morgan fingerprint density at radius 2 is 2.00 bits per heavy atom. The number of hydrogen-bond acceptors (Lipinski definition) is 3. The lowest BCUT2D eigenvalue weighted by Gasteiger charge is -1.96. The van der Waals surface area contributed by atoms with E-state index in [1.54, 1.807) is 12.1 Å². The van der Waals surface area contributed by atoms with Gasteiger partial charge >= 0.3 is 0 Å². The van der Waals surface area contributed by atoms with Gasteiger partial charge in [-0.1, -0.05) is 0 Å². The number of halogens is 1. The van der Waals surface area contributed by atoms with Gasteiger partial charge in [0, 0.05) is 5.56 Å². The molecular formula is C7H5FO2S. The highest BCUT2D eigenvalue weighted by Crippen LogP contribution is 2.16. The van der Waals surface area contributed by atoms with Crippen LogP contribution in [0.3, 0.4) is 0 Å². The molecular weight excluding hydrogens is 167 g/mol. The van der Waals surface area contributed by atoms with Crippen molar-refractivity contribution in [2.75, 3.05) is 0 Å². The molecule has 0 aromatic heterocycles. The lowest BCUT2D eigenvalue weighted by molar-refractivity contribution is 0.112. The van der Waals surface area contributed by atoms with Gasteiger partial charge in [0.05, 0.1) is 0 Å². The second kappa shape index (κ2) is 3.98. The van der Waals surface area contributed by atoms with Gasteiger partial charge in [-0.2, -0.15) is 0 Å². The third-order valence-corrected chi connectivity index (χ3v) is 1.40. The molecule has 4 heteroatoms. The van der Waals surface area contributed by atoms with Crippen LogP contribution < -0.4 is 4.18 Å². The van der Waals surface area contributed by atoms with E-state index in [0.717, 1.165) is 0 Å². The van der Waals surface area contributed by atoms with Crippen molar-refractivity contribution in [2.24, 2.45) is 0 Å². The molecule has 0 saturated carbocycles. The Morgan fingerprint density at radius 3 is 2.45 bits per heavy atom. The summed E-state index contributed by atoms with van der Waals surface area (Å²) in [4.78, 5) is 10.2. The highest BCUT2D eigenvalue weighted by Gasteiger charge is 1.93. The predicted octanol–water partition coefficient (Wildman–Crippen LogP) is 2.41. The molecule has 0 spiro atoms. The van der Waals surface area contributed by atoms with Gasteiger partial charge in [-0.05, 0) is 24.3 Å². The van der Waals surface area contributed by atoms with Crippen LogP contribution in [0, 0.1) is 0 Å². The minimum atomic E-state index is -0.220. The van der Waals surface area contributed by atoms with E-state index in [0.29, 0.717) is 17.6 Å². The highest BCUT2D eigenvalue weighted by atomic mass is 32.2. The summed E-state index contributed by atoms with van der Waals surface area (Å²) in [6.07, 6.45) is 0.715. The standard InChI is InChI=1S/C7H5FO2S/c8-11-10-7-3-1-6(5-9)2-4-7/h1-5H. The third-order valence-electron chi connectivity index (χ3n) is 1.14. The average Bonchev–Trinajstić information content (AvgIpc) is 2.07. The first kappa shape index (κ1) is 8.07. The molecule has 0 fully saturated rings. The molecule has 0 bridgehead atoms. The molecule has 0 heterocycles. The van der Waals surface area contributed by atoms with E-state index in [4.69, 9.17) is 0 Å². The zero-order valence-electron chi connectivity index (χ0n) is 5.49. The smallest absolute Gasteiger partial charge is 0.272 e. The molecule has 58 valence electrons. The van der Waals surface area contributed by atoms with E-state index in [2.05, 4.69) is 4.18 Å². The fraction of sp³-hybridized carbons (Fsp3) is 0. The van der Waals surface area contributed by atoms with Crippen molar-refractivity contribution in [3.05, 3.63) is 29.8 Å². The zero-order valence-corrected chi connectivity index (χ0v) is 6.31. The van der Waals surface area contributed by atoms with E-state index in [1.807, 2.05) is 0 Å². The van der Waals surface area contributed by atoms with Crippen molar-refractivity contribution in [3.63, 3.8) is 0 Å². The SMILES string of the molecule is O=Cc1ccc(OSF)cc1. The maximum Gasteiger partial charge on any atom is 0.272 e. The van der Waals surface area contributed by atoms with Gasteiger partial charge in [0.2, 0.25) is 0 Å². The molecule has 1 aromatic rings. The maximum atomic E-state index is 11.5. The summed E-state index contributed by atoms with van der Waals surface area (Å²) in [7, 11) is 0. The van der Waals surface area contributed by atoms with Crippen molar-refractivity contribution >= 4 is 18.7 Å². The van der Waals surface area contributed by atoms with Crippen LogP contribution in [0.2, 0.25) is 0 Å². The van der Waals surface area contributed by atoms with Gasteiger partial charge < -0.3 is 4.18 Å². The normalized spacial score (nSPS) is 9.18. The van der Waals surface area contributed by atoms with Crippen molar-refractivity contribution in [1.29, 1.82) is 0 Å². The van der Waals surface area contributed by atoms with E-state index < -0.39 is 0 Å². The largest absolute Gasteiger partial charge is 0.397 e. The molecule has 0 N–H and O–H groups in total. The summed E-state index contributed by atoms with van der Waals surface area (Å²) in [5, 5.41) is 0. The van der Waals surface area contributed by atoms with E-state index in [1.165, 1.54) is 12.1 Å². The van der Waals surface area contributed by atoms with Gasteiger partial charge in [0.1, 0.15) is 12.0 Å². The molecule has 0 aliphatic carbocycles. The minimum Gasteiger partial charge on any atom is -0.397 e. The first-order valence-corrected chi connectivity index (χ1v) is 3.51. The number of rotatable bonds is 3. The van der Waals surface area contributed by atoms with Gasteiger partial charge in [0.25, 0.3) is 12.4 Å². The minimum absolute atomic E-state index is 0.220. The Bertz CT molecular complexity index is 235. The molecule has 1 aromatic carbocycles. The third kappa shape index (κ3) is 2.23. The van der Waals surface area contributed by atoms with Gasteiger partial charge in [-0.15, -0.1) is 3.89 Å². The number of carbonyl (C=O) groups excluding carboxylic acids is 1. The molecule has 0 amide bonds. The van der Waals surface area contributed by atoms with Gasteiger partial charge in [-0.25, -0.2) is 0 Å². The summed E-state index contributed by atoms with van der Waals surface area (Å²) in [5.41, 5.74) is 0.543. The second-order valence-electron chi connectivity index (χ2n) is 1.83. The Balaban J connectivity index is 2.74. The van der Waals surface area contributed by atoms with Crippen LogP contribution in [0.4, 0.5) is 3.89 Å². The quantitative estimate of drug-likeness (QED) is 0.517. The molecule has 0 aliphatic rings. The summed E-state index contributed by atoms with van der Waals surface area (Å²) in [6.45, 7) is 0. The summed E-state index contributed by atoms with van der Waals surface area (Å²) in [5.74, 6) is 0.392. The van der Waals surface area contributed by atoms with Crippen molar-refractivity contribution in [3.8, 4) is 5.75 Å². The van der Waals surface area contributed by atoms with Gasteiger partial charge in [0.15, 0.2) is 0 Å². The molecule has 0 radical (unpaired) electrons. The van der Waals surface area contributed by atoms with Crippen LogP contribution in [0.1, 0.15) is 10.4 Å². The Kier molecular flexibility index (Phi) is 2.92. The van der Waals surface area contributed by atoms with Crippen molar-refractivity contribution < 1.29 is 12.9 Å². The van der Waals surface area contributed by atoms with Crippen molar-refractivity contribution in [1.82, 2.24) is 0 Å². The average molecular weight is 172 g/mol. The number of hydrogen-bond donors (Lipinski definition) is 0. The van der Waals surface area contributed by atoms with E-state index in [9.17, 15) is 8.68 Å². The molecule has 0 saturated heterocycles. The monoisotopic (exact) mass is 172 g/mol. The Hall–Kier alpha value is -1.03. The molecule has 2 nitrogen and oxygen atoms in total. The molecule has 0 atom stereocenters. The van der Waals surface area contributed by atoms with E-state index in [-0.39, 0.29) is 12.4 Å². The number of aldehydes is 1. The summed E-state index contributed by atoms with van der Waals surface area (Å²) in [6, 6.07) is 6.16. The first-order chi connectivity index (χ1) is 5.36. The topological polar surface area (TPSA) is 26.3 Å². The fourth-order valence-electron chi connectivity index (χ4n) is 0.638. The first-order valence-electron chi connectivity index (χ1n) is 2.87. The van der Waals surface area contributed by atoms with Crippen molar-refractivity contribution in [2.45, 2.75) is 0 Å². The van der Waals surface area contributed by atoms with Crippen LogP contribution in [-0.4, -0.2) is 6.29 Å². The zero-order chi connectivity index (χ0) is 8.10. The number of carbonyl (C=O) groups is 1. The van der Waals surface area contributed by atoms with Crippen LogP contribution in [0.25, 0.3) is 0 Å². The highest BCUT2D eigenvalue weighted by molar-refractivity contribution is 7.89. The lowest BCUT2D eigenvalue weighted by Crippen LogP contribution is -1.80. The Labute approximate surface area is 67.9 Å². The lowest BCUT2D eigenvalue weighted by atomic mass is 10.2. The second-order valence-corrected chi connectivity index (χ2v) is 2.13.